The van der Waals surface area contributed by atoms with Crippen molar-refractivity contribution in [1.29, 1.82) is 5.26 Å². The van der Waals surface area contributed by atoms with Gasteiger partial charge in [-0.3, -0.25) is 0 Å². The summed E-state index contributed by atoms with van der Waals surface area (Å²) in [5.74, 6) is 3.07. The molecule has 0 aromatic heterocycles. The van der Waals surface area contributed by atoms with Crippen LogP contribution in [-0.2, 0) is 0 Å². The van der Waals surface area contributed by atoms with E-state index in [2.05, 4.69) is 26.8 Å². The van der Waals surface area contributed by atoms with Gasteiger partial charge in [0.2, 0.25) is 0 Å². The van der Waals surface area contributed by atoms with Gasteiger partial charge >= 0.3 is 0 Å². The third-order valence-electron chi connectivity index (χ3n) is 3.32. The van der Waals surface area contributed by atoms with Crippen molar-refractivity contribution < 1.29 is 0 Å². The molecule has 0 bridgehead atoms. The zero-order chi connectivity index (χ0) is 9.14. The number of hydrogen-bond acceptors (Lipinski definition) is 1. The molecule has 0 heterocycles. The highest BCUT2D eigenvalue weighted by Crippen LogP contribution is 2.42. The Kier molecular flexibility index (Phi) is 3.14. The molecule has 3 unspecified atom stereocenters. The van der Waals surface area contributed by atoms with Crippen molar-refractivity contribution in [1.82, 2.24) is 0 Å². The van der Waals surface area contributed by atoms with Crippen molar-refractivity contribution in [2.45, 2.75) is 40.0 Å². The Morgan fingerprint density at radius 3 is 2.58 bits per heavy atom. The molecule has 1 fully saturated rings. The van der Waals surface area contributed by atoms with Crippen LogP contribution in [0.25, 0.3) is 0 Å². The summed E-state index contributed by atoms with van der Waals surface area (Å²) in [6, 6.07) is 2.32. The standard InChI is InChI=1S/C11H19N/c1-8(2)11-9(3)4-5-10(11)6-7-12/h8-11H,4-6H2,1-3H3. The SMILES string of the molecule is CC(C)C1C(C)CCC1CC#N. The topological polar surface area (TPSA) is 23.8 Å². The van der Waals surface area contributed by atoms with Crippen LogP contribution in [0.3, 0.4) is 0 Å². The first kappa shape index (κ1) is 9.58. The summed E-state index contributed by atoms with van der Waals surface area (Å²) >= 11 is 0. The molecule has 0 N–H and O–H groups in total. The number of hydrogen-bond donors (Lipinski definition) is 0. The van der Waals surface area contributed by atoms with Crippen molar-refractivity contribution in [3.63, 3.8) is 0 Å². The number of rotatable bonds is 2. The minimum atomic E-state index is 0.685. The lowest BCUT2D eigenvalue weighted by atomic mass is 9.80. The van der Waals surface area contributed by atoms with Crippen LogP contribution in [0.1, 0.15) is 40.0 Å². The Morgan fingerprint density at radius 2 is 2.08 bits per heavy atom. The first-order valence-electron chi connectivity index (χ1n) is 5.03. The second-order valence-corrected chi connectivity index (χ2v) is 4.50. The molecule has 1 aliphatic rings. The summed E-state index contributed by atoms with van der Waals surface area (Å²) < 4.78 is 0. The van der Waals surface area contributed by atoms with E-state index in [0.717, 1.165) is 24.2 Å². The Balaban J connectivity index is 2.59. The Hall–Kier alpha value is -0.510. The van der Waals surface area contributed by atoms with Gasteiger partial charge in [0.15, 0.2) is 0 Å². The summed E-state index contributed by atoms with van der Waals surface area (Å²) in [7, 11) is 0. The summed E-state index contributed by atoms with van der Waals surface area (Å²) in [4.78, 5) is 0. The Bertz CT molecular complexity index is 178. The molecule has 1 saturated carbocycles. The van der Waals surface area contributed by atoms with Crippen LogP contribution in [0.15, 0.2) is 0 Å². The molecule has 0 aliphatic heterocycles. The molecule has 0 aromatic rings. The van der Waals surface area contributed by atoms with Gasteiger partial charge in [0, 0.05) is 6.42 Å². The van der Waals surface area contributed by atoms with E-state index in [-0.39, 0.29) is 0 Å². The molecule has 1 rings (SSSR count). The van der Waals surface area contributed by atoms with Crippen LogP contribution in [0, 0.1) is 35.0 Å². The molecule has 0 radical (unpaired) electrons. The predicted octanol–water partition coefficient (Wildman–Crippen LogP) is 3.22. The summed E-state index contributed by atoms with van der Waals surface area (Å²) in [6.45, 7) is 6.91. The zero-order valence-electron chi connectivity index (χ0n) is 8.38. The first-order chi connectivity index (χ1) is 5.66. The average Bonchev–Trinajstić information content (AvgIpc) is 2.32. The fraction of sp³-hybridized carbons (Fsp3) is 0.909. The molecular formula is C11H19N. The lowest BCUT2D eigenvalue weighted by Crippen LogP contribution is -2.18. The normalized spacial score (nSPS) is 35.4. The molecule has 1 aliphatic carbocycles. The second kappa shape index (κ2) is 3.94. The van der Waals surface area contributed by atoms with E-state index in [0.29, 0.717) is 5.92 Å². The maximum Gasteiger partial charge on any atom is 0.0624 e. The molecule has 12 heavy (non-hydrogen) atoms. The lowest BCUT2D eigenvalue weighted by molar-refractivity contribution is 0.245. The number of nitriles is 1. The van der Waals surface area contributed by atoms with Gasteiger partial charge in [-0.05, 0) is 30.1 Å². The molecular weight excluding hydrogens is 146 g/mol. The van der Waals surface area contributed by atoms with Crippen molar-refractivity contribution in [2.75, 3.05) is 0 Å². The van der Waals surface area contributed by atoms with Gasteiger partial charge in [0.05, 0.1) is 6.07 Å². The Morgan fingerprint density at radius 1 is 1.42 bits per heavy atom. The van der Waals surface area contributed by atoms with Crippen LogP contribution >= 0.6 is 0 Å². The lowest BCUT2D eigenvalue weighted by Gasteiger charge is -2.24. The van der Waals surface area contributed by atoms with E-state index in [1.807, 2.05) is 0 Å². The summed E-state index contributed by atoms with van der Waals surface area (Å²) in [5, 5.41) is 8.66. The molecule has 0 spiro atoms. The smallest absolute Gasteiger partial charge is 0.0624 e. The Labute approximate surface area is 75.8 Å². The van der Waals surface area contributed by atoms with E-state index >= 15 is 0 Å². The van der Waals surface area contributed by atoms with Gasteiger partial charge in [-0.1, -0.05) is 27.2 Å². The molecule has 1 heteroatoms. The van der Waals surface area contributed by atoms with Crippen molar-refractivity contribution in [3.05, 3.63) is 0 Å². The summed E-state index contributed by atoms with van der Waals surface area (Å²) in [5.41, 5.74) is 0. The van der Waals surface area contributed by atoms with Crippen LogP contribution in [0.2, 0.25) is 0 Å². The van der Waals surface area contributed by atoms with E-state index in [4.69, 9.17) is 5.26 Å². The van der Waals surface area contributed by atoms with Crippen LogP contribution < -0.4 is 0 Å². The van der Waals surface area contributed by atoms with Gasteiger partial charge in [0.1, 0.15) is 0 Å². The summed E-state index contributed by atoms with van der Waals surface area (Å²) in [6.07, 6.45) is 3.37. The molecule has 1 nitrogen and oxygen atoms in total. The van der Waals surface area contributed by atoms with Crippen molar-refractivity contribution in [3.8, 4) is 6.07 Å². The minimum Gasteiger partial charge on any atom is -0.198 e. The molecule has 0 aromatic carbocycles. The predicted molar refractivity (Wildman–Crippen MR) is 50.4 cm³/mol. The van der Waals surface area contributed by atoms with E-state index < -0.39 is 0 Å². The highest BCUT2D eigenvalue weighted by atomic mass is 14.4. The van der Waals surface area contributed by atoms with Gasteiger partial charge in [-0.2, -0.15) is 5.26 Å². The van der Waals surface area contributed by atoms with E-state index in [1.165, 1.54) is 12.8 Å². The fourth-order valence-electron chi connectivity index (χ4n) is 2.88. The number of nitrogens with zero attached hydrogens (tertiary/aromatic N) is 1. The zero-order valence-corrected chi connectivity index (χ0v) is 8.38. The monoisotopic (exact) mass is 165 g/mol. The van der Waals surface area contributed by atoms with Gasteiger partial charge in [-0.15, -0.1) is 0 Å². The molecule has 0 saturated heterocycles. The highest BCUT2D eigenvalue weighted by molar-refractivity contribution is 4.89. The minimum absolute atomic E-state index is 0.685. The van der Waals surface area contributed by atoms with Crippen molar-refractivity contribution >= 4 is 0 Å². The second-order valence-electron chi connectivity index (χ2n) is 4.50. The van der Waals surface area contributed by atoms with E-state index in [9.17, 15) is 0 Å². The van der Waals surface area contributed by atoms with Crippen LogP contribution in [-0.4, -0.2) is 0 Å². The van der Waals surface area contributed by atoms with Crippen LogP contribution in [0.4, 0.5) is 0 Å². The maximum absolute atomic E-state index is 8.66. The first-order valence-corrected chi connectivity index (χ1v) is 5.03. The average molecular weight is 165 g/mol. The molecule has 0 amide bonds. The van der Waals surface area contributed by atoms with Gasteiger partial charge in [-0.25, -0.2) is 0 Å². The highest BCUT2D eigenvalue weighted by Gasteiger charge is 2.34. The van der Waals surface area contributed by atoms with E-state index in [1.54, 1.807) is 0 Å². The fourth-order valence-corrected chi connectivity index (χ4v) is 2.88. The maximum atomic E-state index is 8.66. The van der Waals surface area contributed by atoms with Gasteiger partial charge < -0.3 is 0 Å². The third kappa shape index (κ3) is 1.80. The van der Waals surface area contributed by atoms with Crippen molar-refractivity contribution in [2.24, 2.45) is 23.7 Å². The largest absolute Gasteiger partial charge is 0.198 e. The van der Waals surface area contributed by atoms with Crippen LogP contribution in [0.5, 0.6) is 0 Å². The molecule has 3 atom stereocenters. The molecule has 68 valence electrons. The third-order valence-corrected chi connectivity index (χ3v) is 3.32. The van der Waals surface area contributed by atoms with Gasteiger partial charge in [0.25, 0.3) is 0 Å². The quantitative estimate of drug-likeness (QED) is 0.616.